The summed E-state index contributed by atoms with van der Waals surface area (Å²) < 4.78 is 5.43. The van der Waals surface area contributed by atoms with Crippen LogP contribution in [0.4, 0.5) is 5.82 Å². The van der Waals surface area contributed by atoms with Gasteiger partial charge in [-0.3, -0.25) is 9.98 Å². The van der Waals surface area contributed by atoms with Crippen LogP contribution in [0.1, 0.15) is 11.3 Å². The Bertz CT molecular complexity index is 776. The molecule has 0 amide bonds. The minimum absolute atomic E-state index is 0.732. The average Bonchev–Trinajstić information content (AvgIpc) is 3.09. The van der Waals surface area contributed by atoms with Crippen LogP contribution in [0.5, 0.6) is 0 Å². The number of aliphatic imine (C=N–C) groups is 1. The smallest absolute Gasteiger partial charge is 0.129 e. The van der Waals surface area contributed by atoms with Gasteiger partial charge < -0.3 is 9.64 Å². The van der Waals surface area contributed by atoms with Gasteiger partial charge in [0.25, 0.3) is 0 Å². The molecule has 0 aromatic carbocycles. The summed E-state index contributed by atoms with van der Waals surface area (Å²) in [7, 11) is 0. The molecule has 22 heavy (non-hydrogen) atoms. The van der Waals surface area contributed by atoms with Crippen molar-refractivity contribution in [3.8, 4) is 0 Å². The van der Waals surface area contributed by atoms with E-state index in [1.807, 2.05) is 18.3 Å². The fourth-order valence-corrected chi connectivity index (χ4v) is 2.97. The van der Waals surface area contributed by atoms with Crippen molar-refractivity contribution in [1.29, 1.82) is 0 Å². The molecule has 0 unspecified atom stereocenters. The van der Waals surface area contributed by atoms with Crippen LogP contribution in [-0.4, -0.2) is 48.5 Å². The molecule has 0 bridgehead atoms. The molecule has 2 aliphatic rings. The van der Waals surface area contributed by atoms with Gasteiger partial charge in [-0.1, -0.05) is 6.08 Å². The Morgan fingerprint density at radius 1 is 1.23 bits per heavy atom. The number of aromatic nitrogens is 2. The van der Waals surface area contributed by atoms with E-state index in [2.05, 4.69) is 33.9 Å². The van der Waals surface area contributed by atoms with Gasteiger partial charge in [0.15, 0.2) is 0 Å². The molecule has 2 aromatic heterocycles. The lowest BCUT2D eigenvalue weighted by atomic mass is 10.1. The van der Waals surface area contributed by atoms with Crippen molar-refractivity contribution < 1.29 is 4.74 Å². The maximum atomic E-state index is 5.43. The minimum atomic E-state index is 0.732. The first-order valence-electron chi connectivity index (χ1n) is 7.63. The number of hydrogen-bond donors (Lipinski definition) is 0. The van der Waals surface area contributed by atoms with Crippen molar-refractivity contribution in [3.05, 3.63) is 41.7 Å². The van der Waals surface area contributed by atoms with E-state index in [0.29, 0.717) is 0 Å². The summed E-state index contributed by atoms with van der Waals surface area (Å²) in [6.45, 7) is 6.14. The normalized spacial score (nSPS) is 18.0. The number of morpholine rings is 1. The predicted octanol–water partition coefficient (Wildman–Crippen LogP) is 2.13. The first kappa shape index (κ1) is 13.4. The highest BCUT2D eigenvalue weighted by molar-refractivity contribution is 6.15. The van der Waals surface area contributed by atoms with Gasteiger partial charge in [0.1, 0.15) is 17.0 Å². The van der Waals surface area contributed by atoms with Gasteiger partial charge in [0.05, 0.1) is 25.5 Å². The molecule has 1 saturated heterocycles. The number of allylic oxidation sites excluding steroid dienone is 1. The molecular formula is C17H18N4O. The highest BCUT2D eigenvalue weighted by Crippen LogP contribution is 2.25. The number of pyridine rings is 2. The molecule has 4 rings (SSSR count). The van der Waals surface area contributed by atoms with Crippen molar-refractivity contribution in [2.75, 3.05) is 37.7 Å². The van der Waals surface area contributed by atoms with E-state index in [0.717, 1.165) is 61.0 Å². The van der Waals surface area contributed by atoms with Crippen LogP contribution in [0.3, 0.4) is 0 Å². The summed E-state index contributed by atoms with van der Waals surface area (Å²) in [6.07, 6.45) is 5.92. The van der Waals surface area contributed by atoms with E-state index in [-0.39, 0.29) is 0 Å². The molecular weight excluding hydrogens is 276 g/mol. The quantitative estimate of drug-likeness (QED) is 0.851. The number of hydrogen-bond acceptors (Lipinski definition) is 5. The maximum absolute atomic E-state index is 5.43. The molecule has 2 aliphatic heterocycles. The number of anilines is 1. The molecule has 5 heteroatoms. The summed E-state index contributed by atoms with van der Waals surface area (Å²) in [4.78, 5) is 16.2. The summed E-state index contributed by atoms with van der Waals surface area (Å²) >= 11 is 0. The summed E-state index contributed by atoms with van der Waals surface area (Å²) in [5, 5.41) is 1.14. The monoisotopic (exact) mass is 294 g/mol. The Morgan fingerprint density at radius 2 is 2.09 bits per heavy atom. The molecule has 112 valence electrons. The SMILES string of the molecule is Cc1cc(N2CCOCC2)nc2c(C3=NCC=C3)nccc12. The molecule has 5 nitrogen and oxygen atoms in total. The van der Waals surface area contributed by atoms with Crippen molar-refractivity contribution in [1.82, 2.24) is 9.97 Å². The average molecular weight is 294 g/mol. The Labute approximate surface area is 129 Å². The van der Waals surface area contributed by atoms with Crippen LogP contribution in [0, 0.1) is 6.92 Å². The number of nitrogens with zero attached hydrogens (tertiary/aromatic N) is 4. The van der Waals surface area contributed by atoms with Crippen molar-refractivity contribution in [2.45, 2.75) is 6.92 Å². The molecule has 4 heterocycles. The van der Waals surface area contributed by atoms with E-state index >= 15 is 0 Å². The maximum Gasteiger partial charge on any atom is 0.129 e. The first-order chi connectivity index (χ1) is 10.8. The lowest BCUT2D eigenvalue weighted by molar-refractivity contribution is 0.122. The minimum Gasteiger partial charge on any atom is -0.378 e. The second kappa shape index (κ2) is 5.50. The van der Waals surface area contributed by atoms with Crippen LogP contribution in [0.25, 0.3) is 10.9 Å². The van der Waals surface area contributed by atoms with E-state index in [4.69, 9.17) is 9.72 Å². The molecule has 0 saturated carbocycles. The highest BCUT2D eigenvalue weighted by atomic mass is 16.5. The first-order valence-corrected chi connectivity index (χ1v) is 7.63. The third-order valence-electron chi connectivity index (χ3n) is 4.14. The van der Waals surface area contributed by atoms with E-state index in [1.54, 1.807) is 0 Å². The van der Waals surface area contributed by atoms with E-state index < -0.39 is 0 Å². The summed E-state index contributed by atoms with van der Waals surface area (Å²) in [6, 6.07) is 4.19. The Balaban J connectivity index is 1.87. The molecule has 0 aliphatic carbocycles. The third-order valence-corrected chi connectivity index (χ3v) is 4.14. The lowest BCUT2D eigenvalue weighted by Crippen LogP contribution is -2.36. The van der Waals surface area contributed by atoms with Gasteiger partial charge in [-0.25, -0.2) is 4.98 Å². The van der Waals surface area contributed by atoms with Gasteiger partial charge in [-0.2, -0.15) is 0 Å². The fraction of sp³-hybridized carbons (Fsp3) is 0.353. The zero-order valence-corrected chi connectivity index (χ0v) is 12.6. The van der Waals surface area contributed by atoms with E-state index in [1.165, 1.54) is 5.56 Å². The van der Waals surface area contributed by atoms with Gasteiger partial charge >= 0.3 is 0 Å². The standard InChI is InChI=1S/C17H18N4O/c1-12-11-15(21-7-9-22-10-8-21)20-16-13(12)4-6-19-17(16)14-3-2-5-18-14/h2-4,6,11H,5,7-10H2,1H3. The van der Waals surface area contributed by atoms with Crippen LogP contribution in [0.15, 0.2) is 35.5 Å². The van der Waals surface area contributed by atoms with Crippen molar-refractivity contribution in [2.24, 2.45) is 4.99 Å². The largest absolute Gasteiger partial charge is 0.378 e. The molecule has 0 spiro atoms. The number of rotatable bonds is 2. The molecule has 0 N–H and O–H groups in total. The van der Waals surface area contributed by atoms with Crippen LogP contribution in [0.2, 0.25) is 0 Å². The number of aryl methyl sites for hydroxylation is 1. The number of ether oxygens (including phenoxy) is 1. The Hall–Kier alpha value is -2.27. The zero-order chi connectivity index (χ0) is 14.9. The molecule has 0 atom stereocenters. The van der Waals surface area contributed by atoms with Crippen LogP contribution in [-0.2, 0) is 4.74 Å². The highest BCUT2D eigenvalue weighted by Gasteiger charge is 2.17. The van der Waals surface area contributed by atoms with Crippen molar-refractivity contribution >= 4 is 22.4 Å². The molecule has 0 radical (unpaired) electrons. The van der Waals surface area contributed by atoms with Crippen LogP contribution < -0.4 is 4.90 Å². The van der Waals surface area contributed by atoms with E-state index in [9.17, 15) is 0 Å². The zero-order valence-electron chi connectivity index (χ0n) is 12.6. The lowest BCUT2D eigenvalue weighted by Gasteiger charge is -2.28. The van der Waals surface area contributed by atoms with Crippen LogP contribution >= 0.6 is 0 Å². The number of fused-ring (bicyclic) bond motifs is 1. The Kier molecular flexibility index (Phi) is 3.35. The summed E-state index contributed by atoms with van der Waals surface area (Å²) in [5.41, 5.74) is 3.97. The van der Waals surface area contributed by atoms with Gasteiger partial charge in [-0.15, -0.1) is 0 Å². The fourth-order valence-electron chi connectivity index (χ4n) is 2.97. The van der Waals surface area contributed by atoms with Gasteiger partial charge in [0, 0.05) is 24.7 Å². The Morgan fingerprint density at radius 3 is 2.86 bits per heavy atom. The second-order valence-electron chi connectivity index (χ2n) is 5.58. The van der Waals surface area contributed by atoms with Gasteiger partial charge in [0.2, 0.25) is 0 Å². The third kappa shape index (κ3) is 2.27. The van der Waals surface area contributed by atoms with Gasteiger partial charge in [-0.05, 0) is 30.7 Å². The topological polar surface area (TPSA) is 50.6 Å². The molecule has 2 aromatic rings. The molecule has 1 fully saturated rings. The predicted molar refractivity (Wildman–Crippen MR) is 87.9 cm³/mol. The second-order valence-corrected chi connectivity index (χ2v) is 5.58. The van der Waals surface area contributed by atoms with Crippen molar-refractivity contribution in [3.63, 3.8) is 0 Å². The summed E-state index contributed by atoms with van der Waals surface area (Å²) in [5.74, 6) is 1.00.